The van der Waals surface area contributed by atoms with Crippen molar-refractivity contribution >= 4 is 29.1 Å². The molecule has 3 aliphatic carbocycles. The number of aliphatic hydroxyl groups is 4. The van der Waals surface area contributed by atoms with E-state index in [0.717, 1.165) is 6.92 Å². The molecule has 0 aromatic heterocycles. The highest BCUT2D eigenvalue weighted by Crippen LogP contribution is 2.67. The van der Waals surface area contributed by atoms with Crippen LogP contribution in [0, 0.1) is 22.7 Å². The van der Waals surface area contributed by atoms with E-state index >= 15 is 0 Å². The minimum Gasteiger partial charge on any atom is -0.508 e. The van der Waals surface area contributed by atoms with Gasteiger partial charge in [0.1, 0.15) is 22.8 Å². The fourth-order valence-electron chi connectivity index (χ4n) is 7.53. The number of allylic oxidation sites excluding steroid dienone is 1. The summed E-state index contributed by atoms with van der Waals surface area (Å²) >= 11 is 0. The van der Waals surface area contributed by atoms with E-state index in [4.69, 9.17) is 4.74 Å². The summed E-state index contributed by atoms with van der Waals surface area (Å²) in [4.78, 5) is 52.8. The van der Waals surface area contributed by atoms with Crippen LogP contribution in [0.5, 0.6) is 5.75 Å². The van der Waals surface area contributed by atoms with E-state index in [2.05, 4.69) is 0 Å². The molecule has 1 aromatic carbocycles. The Morgan fingerprint density at radius 2 is 1.71 bits per heavy atom. The maximum Gasteiger partial charge on any atom is 0.310 e. The van der Waals surface area contributed by atoms with Crippen LogP contribution < -0.4 is 0 Å². The van der Waals surface area contributed by atoms with Crippen molar-refractivity contribution in [2.45, 2.75) is 78.9 Å². The Kier molecular flexibility index (Phi) is 7.28. The first kappa shape index (κ1) is 30.5. The average Bonchev–Trinajstić information content (AvgIpc) is 2.88. The van der Waals surface area contributed by atoms with Gasteiger partial charge in [-0.3, -0.25) is 19.2 Å². The van der Waals surface area contributed by atoms with Crippen LogP contribution >= 0.6 is 0 Å². The van der Waals surface area contributed by atoms with Gasteiger partial charge >= 0.3 is 5.97 Å². The monoisotopic (exact) mass is 570 g/mol. The number of aliphatic hydroxyl groups excluding tert-OH is 3. The number of hydrogen-bond donors (Lipinski definition) is 5. The molecule has 0 amide bonds. The van der Waals surface area contributed by atoms with Crippen molar-refractivity contribution in [1.82, 2.24) is 0 Å². The Bertz CT molecular complexity index is 1430. The third-order valence-electron chi connectivity index (χ3n) is 9.72. The number of fused-ring (bicyclic) bond motifs is 3. The molecule has 0 saturated heterocycles. The molecule has 6 atom stereocenters. The first-order valence-electron chi connectivity index (χ1n) is 13.8. The first-order valence-corrected chi connectivity index (χ1v) is 13.8. The van der Waals surface area contributed by atoms with Gasteiger partial charge in [-0.2, -0.15) is 0 Å². The molecular weight excluding hydrogens is 532 g/mol. The first-order chi connectivity index (χ1) is 18.9. The minimum absolute atomic E-state index is 0.130. The van der Waals surface area contributed by atoms with Crippen molar-refractivity contribution in [2.75, 3.05) is 6.61 Å². The van der Waals surface area contributed by atoms with E-state index in [-0.39, 0.29) is 24.2 Å². The number of phenols is 1. The number of carbonyl (C=O) groups excluding carboxylic acids is 4. The van der Waals surface area contributed by atoms with Crippen molar-refractivity contribution in [3.05, 3.63) is 45.7 Å². The minimum atomic E-state index is -2.95. The lowest BCUT2D eigenvalue weighted by Crippen LogP contribution is -2.75. The number of phenolic OH excluding ortho intramolecular Hbond substituents is 1. The third kappa shape index (κ3) is 3.69. The fraction of sp³-hybridized carbons (Fsp3) is 0.548. The summed E-state index contributed by atoms with van der Waals surface area (Å²) in [6.45, 7) is 10.9. The second kappa shape index (κ2) is 9.80. The molecule has 1 unspecified atom stereocenters. The molecule has 222 valence electrons. The highest BCUT2D eigenvalue weighted by molar-refractivity contribution is 6.24. The van der Waals surface area contributed by atoms with Crippen LogP contribution in [0.3, 0.4) is 0 Å². The summed E-state index contributed by atoms with van der Waals surface area (Å²) in [5, 5.41) is 58.4. The molecule has 0 bridgehead atoms. The normalized spacial score (nSPS) is 33.0. The lowest BCUT2D eigenvalue weighted by atomic mass is 9.40. The van der Waals surface area contributed by atoms with Crippen LogP contribution in [0.2, 0.25) is 0 Å². The number of Topliss-reactive ketones (excluding diaryl/α,β-unsaturated/α-hetero) is 3. The topological polar surface area (TPSA) is 179 Å². The van der Waals surface area contributed by atoms with Gasteiger partial charge < -0.3 is 30.3 Å². The van der Waals surface area contributed by atoms with Gasteiger partial charge in [0.2, 0.25) is 5.78 Å². The van der Waals surface area contributed by atoms with Gasteiger partial charge in [-0.25, -0.2) is 0 Å². The summed E-state index contributed by atoms with van der Waals surface area (Å²) in [7, 11) is 0. The number of aromatic hydroxyl groups is 1. The third-order valence-corrected chi connectivity index (χ3v) is 9.72. The molecule has 0 aliphatic heterocycles. The average molecular weight is 571 g/mol. The number of carbonyl (C=O) groups is 4. The van der Waals surface area contributed by atoms with Gasteiger partial charge in [-0.1, -0.05) is 53.7 Å². The van der Waals surface area contributed by atoms with E-state index in [0.29, 0.717) is 12.0 Å². The van der Waals surface area contributed by atoms with E-state index in [9.17, 15) is 44.7 Å². The Labute approximate surface area is 238 Å². The standard InChI is InChI=1S/C31H38O10/c1-8-11-41-18(33)12-16-9-10-17-14(4)29(6)22(25(36)20(17)23(16)34)27(38)31(40)26(37)19(15(5)32)24(35)21(13(2)3)30(31,7)28(29)39/h9-10,13-14,21,28,34,36-37,39-40H,8,11-12H2,1-7H3/t14-,21?,28-,29+,30+,31+/m1/s1. The second-order valence-electron chi connectivity index (χ2n) is 12.3. The van der Waals surface area contributed by atoms with Crippen molar-refractivity contribution in [2.24, 2.45) is 22.7 Å². The van der Waals surface area contributed by atoms with Crippen LogP contribution in [-0.4, -0.2) is 67.2 Å². The molecule has 10 heteroatoms. The Hall–Kier alpha value is -3.50. The highest BCUT2D eigenvalue weighted by atomic mass is 16.5. The molecule has 1 saturated carbocycles. The van der Waals surface area contributed by atoms with Gasteiger partial charge in [-0.15, -0.1) is 0 Å². The zero-order valence-electron chi connectivity index (χ0n) is 24.4. The molecule has 4 rings (SSSR count). The van der Waals surface area contributed by atoms with E-state index < -0.39 is 92.0 Å². The van der Waals surface area contributed by atoms with Crippen molar-refractivity contribution in [3.8, 4) is 5.75 Å². The van der Waals surface area contributed by atoms with Gasteiger partial charge in [0.15, 0.2) is 17.2 Å². The SMILES string of the molecule is CCCOC(=O)Cc1ccc2c(c1O)C(O)=C1C(=O)[C@@]3(O)C(O)=C(C(C)=O)C(=O)C(C(C)C)[C@@]3(C)[C@H](O)[C@@]1(C)[C@@H]2C. The lowest BCUT2D eigenvalue weighted by Gasteiger charge is -2.63. The molecule has 5 N–H and O–H groups in total. The van der Waals surface area contributed by atoms with Crippen LogP contribution in [0.4, 0.5) is 0 Å². The molecule has 1 aromatic rings. The van der Waals surface area contributed by atoms with Crippen molar-refractivity contribution in [1.29, 1.82) is 0 Å². The lowest BCUT2D eigenvalue weighted by molar-refractivity contribution is -0.215. The van der Waals surface area contributed by atoms with Gasteiger partial charge in [0, 0.05) is 22.3 Å². The number of hydrogen-bond acceptors (Lipinski definition) is 10. The van der Waals surface area contributed by atoms with Gasteiger partial charge in [-0.05, 0) is 30.7 Å². The highest BCUT2D eigenvalue weighted by Gasteiger charge is 2.77. The van der Waals surface area contributed by atoms with E-state index in [1.807, 2.05) is 6.92 Å². The molecule has 1 fully saturated rings. The number of esters is 1. The molecule has 3 aliphatic rings. The molecule has 0 heterocycles. The zero-order chi connectivity index (χ0) is 31.0. The Morgan fingerprint density at radius 1 is 1.10 bits per heavy atom. The van der Waals surface area contributed by atoms with Crippen LogP contribution in [-0.2, 0) is 30.3 Å². The molecule has 0 spiro atoms. The van der Waals surface area contributed by atoms with Crippen LogP contribution in [0.1, 0.15) is 77.5 Å². The van der Waals surface area contributed by atoms with Crippen LogP contribution in [0.25, 0.3) is 5.76 Å². The summed E-state index contributed by atoms with van der Waals surface area (Å²) < 4.78 is 5.11. The summed E-state index contributed by atoms with van der Waals surface area (Å²) in [5.41, 5.74) is -7.41. The summed E-state index contributed by atoms with van der Waals surface area (Å²) in [6.07, 6.45) is -1.40. The maximum absolute atomic E-state index is 14.4. The second-order valence-corrected chi connectivity index (χ2v) is 12.3. The predicted octanol–water partition coefficient (Wildman–Crippen LogP) is 3.22. The quantitative estimate of drug-likeness (QED) is 0.252. The Balaban J connectivity index is 2.04. The molecule has 41 heavy (non-hydrogen) atoms. The summed E-state index contributed by atoms with van der Waals surface area (Å²) in [6, 6.07) is 3.08. The largest absolute Gasteiger partial charge is 0.508 e. The number of ether oxygens (including phenoxy) is 1. The Morgan fingerprint density at radius 3 is 2.24 bits per heavy atom. The fourth-order valence-corrected chi connectivity index (χ4v) is 7.53. The number of benzene rings is 1. The molecule has 0 radical (unpaired) electrons. The van der Waals surface area contributed by atoms with Gasteiger partial charge in [0.05, 0.1) is 30.3 Å². The van der Waals surface area contributed by atoms with Crippen LogP contribution in [0.15, 0.2) is 29.0 Å². The van der Waals surface area contributed by atoms with E-state index in [1.165, 1.54) is 19.9 Å². The predicted molar refractivity (Wildman–Crippen MR) is 147 cm³/mol. The molecular formula is C31H38O10. The van der Waals surface area contributed by atoms with Crippen molar-refractivity contribution < 1.29 is 49.4 Å². The van der Waals surface area contributed by atoms with Gasteiger partial charge in [0.25, 0.3) is 0 Å². The number of rotatable bonds is 6. The number of ketones is 3. The maximum atomic E-state index is 14.4. The zero-order valence-corrected chi connectivity index (χ0v) is 24.4. The molecule has 10 nitrogen and oxygen atoms in total. The summed E-state index contributed by atoms with van der Waals surface area (Å²) in [5.74, 6) is -8.41. The van der Waals surface area contributed by atoms with Crippen molar-refractivity contribution in [3.63, 3.8) is 0 Å². The smallest absolute Gasteiger partial charge is 0.310 e. The van der Waals surface area contributed by atoms with E-state index in [1.54, 1.807) is 26.8 Å².